The zero-order valence-corrected chi connectivity index (χ0v) is 15.1. The summed E-state index contributed by atoms with van der Waals surface area (Å²) in [5, 5.41) is 8.78. The van der Waals surface area contributed by atoms with E-state index in [4.69, 9.17) is 10.8 Å². The first-order valence-electron chi connectivity index (χ1n) is 9.37. The molecule has 2 atom stereocenters. The van der Waals surface area contributed by atoms with Crippen molar-refractivity contribution < 1.29 is 19.0 Å². The van der Waals surface area contributed by atoms with Crippen LogP contribution < -0.4 is 20.8 Å². The molecule has 2 unspecified atom stereocenters. The molecule has 2 saturated heterocycles. The van der Waals surface area contributed by atoms with E-state index in [0.29, 0.717) is 6.54 Å². The first kappa shape index (κ1) is 17.2. The number of carbonyl (C=O) groups is 1. The highest BCUT2D eigenvalue weighted by Gasteiger charge is 2.36. The van der Waals surface area contributed by atoms with Crippen molar-refractivity contribution >= 4 is 28.7 Å². The molecule has 148 valence electrons. The molecule has 0 spiro atoms. The smallest absolute Gasteiger partial charge is 0.449 e. The highest BCUT2D eigenvalue weighted by atomic mass is 19.1. The number of nitrogen functional groups attached to an aromatic ring is 1. The summed E-state index contributed by atoms with van der Waals surface area (Å²) in [5.74, 6) is -0.964. The van der Waals surface area contributed by atoms with Gasteiger partial charge in [0.2, 0.25) is 5.43 Å². The van der Waals surface area contributed by atoms with Crippen LogP contribution in [0.2, 0.25) is 0 Å². The molecule has 2 bridgehead atoms. The molecule has 5 rings (SSSR count). The van der Waals surface area contributed by atoms with Crippen molar-refractivity contribution in [2.45, 2.75) is 31.3 Å². The largest absolute Gasteiger partial charge is 0.511 e. The van der Waals surface area contributed by atoms with Crippen LogP contribution in [0.25, 0.3) is 11.0 Å². The standard InChI is InChI=1S/C18H20FN5O4/c19-13-14(20)12-15(25)11(28-18(26)27)8-24(9-1-2-9)16(12)21-17(13)23-6-5-22-4-3-10(23)7-22/h8-10H,1-7H2,(H2,20,21)(H,26,27). The Bertz CT molecular complexity index is 1050. The molecule has 2 aromatic rings. The fourth-order valence-electron chi connectivity index (χ4n) is 4.30. The summed E-state index contributed by atoms with van der Waals surface area (Å²) in [4.78, 5) is 32.5. The predicted octanol–water partition coefficient (Wildman–Crippen LogP) is 1.40. The molecule has 9 nitrogen and oxygen atoms in total. The number of ether oxygens (including phenoxy) is 1. The summed E-state index contributed by atoms with van der Waals surface area (Å²) in [6, 6.07) is 0.232. The zero-order valence-electron chi connectivity index (χ0n) is 15.1. The first-order chi connectivity index (χ1) is 13.4. The SMILES string of the molecule is Nc1c(F)c(N2CCN3CCC2C3)nc2c1c(=O)c(OC(=O)O)cn2C1CC1. The summed E-state index contributed by atoms with van der Waals surface area (Å²) in [5.41, 5.74) is 5.24. The van der Waals surface area contributed by atoms with Crippen molar-refractivity contribution in [1.82, 2.24) is 14.5 Å². The molecule has 1 aliphatic carbocycles. The number of nitrogens with zero attached hydrogens (tertiary/aromatic N) is 4. The molecule has 3 fully saturated rings. The van der Waals surface area contributed by atoms with E-state index in [0.717, 1.165) is 38.9 Å². The second-order valence-electron chi connectivity index (χ2n) is 7.63. The van der Waals surface area contributed by atoms with Gasteiger partial charge in [0.15, 0.2) is 17.4 Å². The van der Waals surface area contributed by atoms with Gasteiger partial charge in [0.25, 0.3) is 0 Å². The first-order valence-corrected chi connectivity index (χ1v) is 9.37. The Morgan fingerprint density at radius 1 is 1.25 bits per heavy atom. The van der Waals surface area contributed by atoms with Crippen LogP contribution in [0.3, 0.4) is 0 Å². The van der Waals surface area contributed by atoms with Crippen LogP contribution in [0.15, 0.2) is 11.0 Å². The molecule has 4 heterocycles. The van der Waals surface area contributed by atoms with Crippen molar-refractivity contribution in [2.75, 3.05) is 36.8 Å². The van der Waals surface area contributed by atoms with E-state index in [2.05, 4.69) is 14.6 Å². The lowest BCUT2D eigenvalue weighted by Crippen LogP contribution is -2.47. The van der Waals surface area contributed by atoms with Gasteiger partial charge in [-0.1, -0.05) is 0 Å². The number of halogens is 1. The second-order valence-corrected chi connectivity index (χ2v) is 7.63. The number of hydrogen-bond donors (Lipinski definition) is 2. The molecule has 2 aliphatic heterocycles. The molecule has 3 N–H and O–H groups in total. The molecule has 28 heavy (non-hydrogen) atoms. The van der Waals surface area contributed by atoms with Gasteiger partial charge < -0.3 is 25.0 Å². The Morgan fingerprint density at radius 3 is 2.75 bits per heavy atom. The summed E-state index contributed by atoms with van der Waals surface area (Å²) in [7, 11) is 0. The third kappa shape index (κ3) is 2.59. The molecule has 10 heteroatoms. The fraction of sp³-hybridized carbons (Fsp3) is 0.500. The number of fused-ring (bicyclic) bond motifs is 3. The molecule has 3 aliphatic rings. The van der Waals surface area contributed by atoms with Crippen LogP contribution >= 0.6 is 0 Å². The molecule has 0 aromatic carbocycles. The Hall–Kier alpha value is -2.88. The maximum atomic E-state index is 15.2. The molecule has 0 amide bonds. The number of carboxylic acid groups (broad SMARTS) is 1. The Kier molecular flexibility index (Phi) is 3.73. The highest BCUT2D eigenvalue weighted by Crippen LogP contribution is 2.40. The van der Waals surface area contributed by atoms with Crippen LogP contribution in [0, 0.1) is 5.82 Å². The lowest BCUT2D eigenvalue weighted by molar-refractivity contribution is 0.143. The van der Waals surface area contributed by atoms with Crippen molar-refractivity contribution in [3.63, 3.8) is 0 Å². The lowest BCUT2D eigenvalue weighted by atomic mass is 10.1. The Morgan fingerprint density at radius 2 is 2.04 bits per heavy atom. The molecule has 1 saturated carbocycles. The van der Waals surface area contributed by atoms with Gasteiger partial charge in [-0.2, -0.15) is 0 Å². The highest BCUT2D eigenvalue weighted by molar-refractivity contribution is 5.91. The number of pyridine rings is 2. The molecular weight excluding hydrogens is 369 g/mol. The van der Waals surface area contributed by atoms with E-state index in [1.165, 1.54) is 6.20 Å². The summed E-state index contributed by atoms with van der Waals surface area (Å²) < 4.78 is 21.5. The summed E-state index contributed by atoms with van der Waals surface area (Å²) in [6.45, 7) is 3.32. The normalized spacial score (nSPS) is 24.0. The van der Waals surface area contributed by atoms with Crippen LogP contribution in [0.1, 0.15) is 25.3 Å². The van der Waals surface area contributed by atoms with Gasteiger partial charge in [-0.3, -0.25) is 9.69 Å². The third-order valence-corrected chi connectivity index (χ3v) is 5.84. The van der Waals surface area contributed by atoms with Crippen molar-refractivity contribution in [1.29, 1.82) is 0 Å². The van der Waals surface area contributed by atoms with Gasteiger partial charge in [0.05, 0.1) is 17.3 Å². The minimum Gasteiger partial charge on any atom is -0.449 e. The maximum absolute atomic E-state index is 15.2. The molecule has 0 radical (unpaired) electrons. The van der Waals surface area contributed by atoms with Crippen molar-refractivity contribution in [2.24, 2.45) is 0 Å². The van der Waals surface area contributed by atoms with Crippen LogP contribution in [-0.4, -0.2) is 57.9 Å². The number of rotatable bonds is 3. The third-order valence-electron chi connectivity index (χ3n) is 5.84. The average Bonchev–Trinajstić information content (AvgIpc) is 3.43. The number of hydrogen-bond acceptors (Lipinski definition) is 7. The summed E-state index contributed by atoms with van der Waals surface area (Å²) >= 11 is 0. The van der Waals surface area contributed by atoms with Crippen LogP contribution in [0.5, 0.6) is 5.75 Å². The minimum absolute atomic E-state index is 0.0628. The van der Waals surface area contributed by atoms with Gasteiger partial charge in [0.1, 0.15) is 5.65 Å². The topological polar surface area (TPSA) is 114 Å². The molecular formula is C18H20FN5O4. The van der Waals surface area contributed by atoms with E-state index in [1.54, 1.807) is 4.57 Å². The fourth-order valence-corrected chi connectivity index (χ4v) is 4.30. The van der Waals surface area contributed by atoms with E-state index in [9.17, 15) is 9.59 Å². The monoisotopic (exact) mass is 389 g/mol. The molecule has 2 aromatic heterocycles. The van der Waals surface area contributed by atoms with Crippen LogP contribution in [-0.2, 0) is 0 Å². The Labute approximate surface area is 159 Å². The van der Waals surface area contributed by atoms with E-state index in [1.807, 2.05) is 4.90 Å². The van der Waals surface area contributed by atoms with Gasteiger partial charge in [0, 0.05) is 38.3 Å². The van der Waals surface area contributed by atoms with Gasteiger partial charge in [-0.15, -0.1) is 0 Å². The van der Waals surface area contributed by atoms with Crippen molar-refractivity contribution in [3.05, 3.63) is 22.2 Å². The number of piperazine rings is 1. The summed E-state index contributed by atoms with van der Waals surface area (Å²) in [6.07, 6.45) is 2.39. The van der Waals surface area contributed by atoms with Gasteiger partial charge in [-0.25, -0.2) is 14.2 Å². The maximum Gasteiger partial charge on any atom is 0.511 e. The quantitative estimate of drug-likeness (QED) is 0.758. The van der Waals surface area contributed by atoms with E-state index < -0.39 is 23.2 Å². The van der Waals surface area contributed by atoms with E-state index in [-0.39, 0.29) is 34.6 Å². The zero-order chi connectivity index (χ0) is 19.6. The average molecular weight is 389 g/mol. The second kappa shape index (κ2) is 6.06. The van der Waals surface area contributed by atoms with E-state index >= 15 is 4.39 Å². The number of aromatic nitrogens is 2. The lowest BCUT2D eigenvalue weighted by Gasteiger charge is -2.35. The van der Waals surface area contributed by atoms with Crippen LogP contribution in [0.4, 0.5) is 20.7 Å². The number of nitrogens with two attached hydrogens (primary N) is 1. The number of anilines is 2. The predicted molar refractivity (Wildman–Crippen MR) is 99.5 cm³/mol. The van der Waals surface area contributed by atoms with Gasteiger partial charge >= 0.3 is 6.16 Å². The van der Waals surface area contributed by atoms with Gasteiger partial charge in [-0.05, 0) is 19.3 Å². The minimum atomic E-state index is -1.61. The van der Waals surface area contributed by atoms with Crippen molar-refractivity contribution in [3.8, 4) is 5.75 Å². The Balaban J connectivity index is 1.72.